The third-order valence-corrected chi connectivity index (χ3v) is 5.16. The molecule has 154 valence electrons. The smallest absolute Gasteiger partial charge is 0.246 e. The summed E-state index contributed by atoms with van der Waals surface area (Å²) in [5.41, 5.74) is 3.33. The topological polar surface area (TPSA) is 75.3 Å². The van der Waals surface area contributed by atoms with Crippen molar-refractivity contribution in [1.29, 1.82) is 0 Å². The highest BCUT2D eigenvalue weighted by Gasteiger charge is 2.10. The Morgan fingerprint density at radius 2 is 1.86 bits per heavy atom. The second-order valence-corrected chi connectivity index (χ2v) is 7.40. The van der Waals surface area contributed by atoms with Gasteiger partial charge in [0.15, 0.2) is 5.96 Å². The highest BCUT2D eigenvalue weighted by atomic mass is 127. The Hall–Kier alpha value is -1.78. The van der Waals surface area contributed by atoms with E-state index in [4.69, 9.17) is 16.1 Å². The van der Waals surface area contributed by atoms with Crippen LogP contribution in [0.15, 0.2) is 56.9 Å². The van der Waals surface area contributed by atoms with Gasteiger partial charge in [0.2, 0.25) is 11.7 Å². The van der Waals surface area contributed by atoms with Gasteiger partial charge in [-0.25, -0.2) is 0 Å². The average Bonchev–Trinajstić information content (AvgIpc) is 3.18. The van der Waals surface area contributed by atoms with E-state index in [2.05, 4.69) is 57.1 Å². The molecule has 0 aliphatic rings. The van der Waals surface area contributed by atoms with Crippen molar-refractivity contribution in [3.63, 3.8) is 0 Å². The molecule has 0 fully saturated rings. The van der Waals surface area contributed by atoms with Crippen LogP contribution in [0.5, 0.6) is 0 Å². The summed E-state index contributed by atoms with van der Waals surface area (Å²) in [7, 11) is 1.73. The van der Waals surface area contributed by atoms with Gasteiger partial charge in [-0.1, -0.05) is 28.9 Å². The molecule has 0 aliphatic carbocycles. The normalized spacial score (nSPS) is 11.1. The lowest BCUT2D eigenvalue weighted by atomic mass is 10.1. The summed E-state index contributed by atoms with van der Waals surface area (Å²) in [6, 6.07) is 13.7. The van der Waals surface area contributed by atoms with E-state index < -0.39 is 0 Å². The molecule has 0 saturated heterocycles. The summed E-state index contributed by atoms with van der Waals surface area (Å²) < 4.78 is 5.31. The van der Waals surface area contributed by atoms with Crippen molar-refractivity contribution in [3.05, 3.63) is 64.5 Å². The molecule has 6 nitrogen and oxygen atoms in total. The fourth-order valence-electron chi connectivity index (χ4n) is 2.60. The molecular formula is C20H23ClIN5OS. The minimum absolute atomic E-state index is 0. The molecule has 0 unspecified atom stereocenters. The number of thioether (sulfide) groups is 1. The van der Waals surface area contributed by atoms with Gasteiger partial charge in [0.05, 0.1) is 6.54 Å². The maximum atomic E-state index is 5.91. The van der Waals surface area contributed by atoms with Gasteiger partial charge in [0.1, 0.15) is 0 Å². The van der Waals surface area contributed by atoms with E-state index in [0.29, 0.717) is 35.8 Å². The molecule has 2 aromatic carbocycles. The van der Waals surface area contributed by atoms with Crippen molar-refractivity contribution in [1.82, 2.24) is 20.8 Å². The number of aliphatic imine (C=N–C) groups is 1. The van der Waals surface area contributed by atoms with Crippen molar-refractivity contribution in [3.8, 4) is 11.4 Å². The molecule has 0 saturated carbocycles. The first kappa shape index (κ1) is 23.5. The molecule has 29 heavy (non-hydrogen) atoms. The van der Waals surface area contributed by atoms with Crippen LogP contribution in [-0.2, 0) is 13.1 Å². The van der Waals surface area contributed by atoms with Gasteiger partial charge in [0, 0.05) is 29.1 Å². The van der Waals surface area contributed by atoms with Crippen molar-refractivity contribution in [2.45, 2.75) is 24.9 Å². The Labute approximate surface area is 196 Å². The zero-order valence-corrected chi connectivity index (χ0v) is 20.3. The number of nitrogens with zero attached hydrogens (tertiary/aromatic N) is 3. The van der Waals surface area contributed by atoms with Gasteiger partial charge in [-0.15, -0.1) is 35.7 Å². The van der Waals surface area contributed by atoms with Crippen LogP contribution >= 0.6 is 47.3 Å². The molecule has 0 bridgehead atoms. The number of guanidine groups is 1. The Balaban J connectivity index is 0.00000300. The van der Waals surface area contributed by atoms with Crippen LogP contribution in [0.25, 0.3) is 11.4 Å². The first-order valence-electron chi connectivity index (χ1n) is 8.75. The number of benzene rings is 2. The molecule has 1 heterocycles. The zero-order chi connectivity index (χ0) is 19.9. The molecule has 3 aromatic rings. The lowest BCUT2D eigenvalue weighted by molar-refractivity contribution is 0.375. The minimum atomic E-state index is 0. The molecular weight excluding hydrogens is 521 g/mol. The third kappa shape index (κ3) is 6.61. The highest BCUT2D eigenvalue weighted by molar-refractivity contribution is 14.0. The fourth-order valence-corrected chi connectivity index (χ4v) is 3.43. The van der Waals surface area contributed by atoms with Crippen LogP contribution in [0.2, 0.25) is 5.02 Å². The van der Waals surface area contributed by atoms with E-state index in [1.165, 1.54) is 16.0 Å². The van der Waals surface area contributed by atoms with Crippen LogP contribution in [0.1, 0.15) is 17.0 Å². The predicted octanol–water partition coefficient (Wildman–Crippen LogP) is 4.90. The van der Waals surface area contributed by atoms with Gasteiger partial charge in [0.25, 0.3) is 0 Å². The second kappa shape index (κ2) is 11.4. The molecule has 0 aliphatic heterocycles. The SMILES string of the molecule is CN=C(NCc1nc(-c2ccc(Cl)cc2)no1)NCc1ccc(C)cc1SC.I. The molecule has 2 N–H and O–H groups in total. The number of halogens is 2. The molecule has 3 rings (SSSR count). The third-order valence-electron chi connectivity index (χ3n) is 4.09. The lowest BCUT2D eigenvalue weighted by Crippen LogP contribution is -2.36. The summed E-state index contributed by atoms with van der Waals surface area (Å²) in [6.45, 7) is 3.15. The number of aromatic nitrogens is 2. The van der Waals surface area contributed by atoms with Crippen molar-refractivity contribution < 1.29 is 4.52 Å². The van der Waals surface area contributed by atoms with Crippen LogP contribution in [0.3, 0.4) is 0 Å². The summed E-state index contributed by atoms with van der Waals surface area (Å²) in [5, 5.41) is 11.2. The maximum absolute atomic E-state index is 5.91. The predicted molar refractivity (Wildman–Crippen MR) is 130 cm³/mol. The van der Waals surface area contributed by atoms with E-state index >= 15 is 0 Å². The Kier molecular flexibility index (Phi) is 9.25. The summed E-state index contributed by atoms with van der Waals surface area (Å²) >= 11 is 7.65. The number of hydrogen-bond donors (Lipinski definition) is 2. The minimum Gasteiger partial charge on any atom is -0.352 e. The number of hydrogen-bond acceptors (Lipinski definition) is 5. The van der Waals surface area contributed by atoms with Crippen LogP contribution < -0.4 is 10.6 Å². The van der Waals surface area contributed by atoms with Gasteiger partial charge in [-0.05, 0) is 54.6 Å². The van der Waals surface area contributed by atoms with E-state index in [1.54, 1.807) is 30.9 Å². The quantitative estimate of drug-likeness (QED) is 0.199. The Bertz CT molecular complexity index is 962. The van der Waals surface area contributed by atoms with E-state index in [9.17, 15) is 0 Å². The summed E-state index contributed by atoms with van der Waals surface area (Å²) in [5.74, 6) is 1.67. The van der Waals surface area contributed by atoms with E-state index in [1.807, 2.05) is 12.1 Å². The maximum Gasteiger partial charge on any atom is 0.246 e. The molecule has 0 amide bonds. The Morgan fingerprint density at radius 3 is 2.55 bits per heavy atom. The van der Waals surface area contributed by atoms with Crippen molar-refractivity contribution in [2.75, 3.05) is 13.3 Å². The van der Waals surface area contributed by atoms with E-state index in [-0.39, 0.29) is 24.0 Å². The number of nitrogens with one attached hydrogen (secondary N) is 2. The molecule has 9 heteroatoms. The average molecular weight is 544 g/mol. The standard InChI is InChI=1S/C20H22ClN5OS.HI/c1-13-4-5-15(17(10-13)28-3)11-23-20(22-2)24-12-18-25-19(26-27-18)14-6-8-16(21)9-7-14;/h4-10H,11-12H2,1-3H3,(H2,22,23,24);1H. The summed E-state index contributed by atoms with van der Waals surface area (Å²) in [4.78, 5) is 9.91. The first-order valence-corrected chi connectivity index (χ1v) is 10.4. The van der Waals surface area contributed by atoms with Gasteiger partial charge < -0.3 is 15.2 Å². The van der Waals surface area contributed by atoms with Gasteiger partial charge in [-0.2, -0.15) is 4.98 Å². The largest absolute Gasteiger partial charge is 0.352 e. The van der Waals surface area contributed by atoms with Crippen LogP contribution in [-0.4, -0.2) is 29.4 Å². The second-order valence-electron chi connectivity index (χ2n) is 6.11. The van der Waals surface area contributed by atoms with Crippen LogP contribution in [0, 0.1) is 6.92 Å². The van der Waals surface area contributed by atoms with Crippen molar-refractivity contribution >= 4 is 53.3 Å². The summed E-state index contributed by atoms with van der Waals surface area (Å²) in [6.07, 6.45) is 2.08. The molecule has 0 radical (unpaired) electrons. The van der Waals surface area contributed by atoms with Crippen molar-refractivity contribution in [2.24, 2.45) is 4.99 Å². The van der Waals surface area contributed by atoms with Gasteiger partial charge in [-0.3, -0.25) is 4.99 Å². The highest BCUT2D eigenvalue weighted by Crippen LogP contribution is 2.21. The Morgan fingerprint density at radius 1 is 1.14 bits per heavy atom. The number of rotatable bonds is 6. The van der Waals surface area contributed by atoms with E-state index in [0.717, 1.165) is 5.56 Å². The number of aryl methyl sites for hydroxylation is 1. The lowest BCUT2D eigenvalue weighted by Gasteiger charge is -2.13. The monoisotopic (exact) mass is 543 g/mol. The fraction of sp³-hybridized carbons (Fsp3) is 0.250. The molecule has 0 spiro atoms. The molecule has 1 aromatic heterocycles. The first-order chi connectivity index (χ1) is 13.6. The van der Waals surface area contributed by atoms with Gasteiger partial charge >= 0.3 is 0 Å². The molecule has 0 atom stereocenters. The zero-order valence-electron chi connectivity index (χ0n) is 16.4. The van der Waals surface area contributed by atoms with Crippen LogP contribution in [0.4, 0.5) is 0 Å².